The summed E-state index contributed by atoms with van der Waals surface area (Å²) in [7, 11) is 0. The zero-order valence-electron chi connectivity index (χ0n) is 9.05. The molecule has 2 aromatic rings. The normalized spacial score (nSPS) is 10.2. The van der Waals surface area contributed by atoms with Gasteiger partial charge in [0.15, 0.2) is 5.78 Å². The zero-order chi connectivity index (χ0) is 12.3. The molecule has 0 aliphatic heterocycles. The summed E-state index contributed by atoms with van der Waals surface area (Å²) in [5.41, 5.74) is 0.367. The Labute approximate surface area is 102 Å². The lowest BCUT2D eigenvalue weighted by atomic mass is 10.1. The third-order valence-corrected chi connectivity index (χ3v) is 3.06. The Hall–Kier alpha value is -1.75. The SMILES string of the molecule is CC(=O)c1ccc(Sc2cnccn2)c(F)c1. The van der Waals surface area contributed by atoms with Gasteiger partial charge < -0.3 is 0 Å². The molecule has 3 nitrogen and oxygen atoms in total. The Balaban J connectivity index is 2.26. The van der Waals surface area contributed by atoms with E-state index < -0.39 is 5.82 Å². The van der Waals surface area contributed by atoms with Crippen molar-refractivity contribution < 1.29 is 9.18 Å². The van der Waals surface area contributed by atoms with Crippen LogP contribution >= 0.6 is 11.8 Å². The fourth-order valence-corrected chi connectivity index (χ4v) is 2.00. The molecule has 5 heteroatoms. The third-order valence-electron chi connectivity index (χ3n) is 2.09. The van der Waals surface area contributed by atoms with E-state index in [1.165, 1.54) is 24.8 Å². The van der Waals surface area contributed by atoms with Crippen LogP contribution in [0.4, 0.5) is 4.39 Å². The van der Waals surface area contributed by atoms with Gasteiger partial charge in [0.1, 0.15) is 10.8 Å². The van der Waals surface area contributed by atoms with Crippen LogP contribution in [-0.2, 0) is 0 Å². The molecule has 1 aromatic heterocycles. The molecular formula is C12H9FN2OS. The van der Waals surface area contributed by atoms with E-state index in [-0.39, 0.29) is 5.78 Å². The average molecular weight is 248 g/mol. The molecule has 0 unspecified atom stereocenters. The van der Waals surface area contributed by atoms with E-state index in [1.807, 2.05) is 0 Å². The van der Waals surface area contributed by atoms with Crippen LogP contribution in [0.5, 0.6) is 0 Å². The highest BCUT2D eigenvalue weighted by Crippen LogP contribution is 2.28. The van der Waals surface area contributed by atoms with Crippen LogP contribution < -0.4 is 0 Å². The first-order chi connectivity index (χ1) is 8.16. The number of nitrogens with zero attached hydrogens (tertiary/aromatic N) is 2. The molecule has 0 atom stereocenters. The lowest BCUT2D eigenvalue weighted by Gasteiger charge is -2.03. The number of halogens is 1. The molecule has 0 aliphatic rings. The molecule has 2 rings (SSSR count). The molecule has 86 valence electrons. The summed E-state index contributed by atoms with van der Waals surface area (Å²) in [6.45, 7) is 1.41. The van der Waals surface area contributed by atoms with Gasteiger partial charge in [-0.05, 0) is 19.1 Å². The number of rotatable bonds is 3. The van der Waals surface area contributed by atoms with Crippen molar-refractivity contribution in [2.45, 2.75) is 16.8 Å². The highest BCUT2D eigenvalue weighted by Gasteiger charge is 2.08. The Morgan fingerprint density at radius 3 is 2.76 bits per heavy atom. The van der Waals surface area contributed by atoms with Gasteiger partial charge in [-0.2, -0.15) is 0 Å². The van der Waals surface area contributed by atoms with Crippen LogP contribution in [-0.4, -0.2) is 15.8 Å². The van der Waals surface area contributed by atoms with Crippen LogP contribution in [0.25, 0.3) is 0 Å². The first-order valence-electron chi connectivity index (χ1n) is 4.91. The maximum atomic E-state index is 13.7. The first kappa shape index (κ1) is 11.7. The molecule has 0 saturated carbocycles. The number of carbonyl (C=O) groups is 1. The van der Waals surface area contributed by atoms with Gasteiger partial charge in [-0.15, -0.1) is 0 Å². The van der Waals surface area contributed by atoms with Gasteiger partial charge in [0.05, 0.1) is 6.20 Å². The summed E-state index contributed by atoms with van der Waals surface area (Å²) in [5, 5.41) is 0.613. The van der Waals surface area contributed by atoms with Crippen LogP contribution in [0.15, 0.2) is 46.7 Å². The highest BCUT2D eigenvalue weighted by molar-refractivity contribution is 7.99. The minimum atomic E-state index is -0.423. The monoisotopic (exact) mass is 248 g/mol. The summed E-state index contributed by atoms with van der Waals surface area (Å²) in [6, 6.07) is 4.41. The molecular weight excluding hydrogens is 239 g/mol. The Morgan fingerprint density at radius 1 is 1.35 bits per heavy atom. The summed E-state index contributed by atoms with van der Waals surface area (Å²) in [6.07, 6.45) is 4.66. The largest absolute Gasteiger partial charge is 0.295 e. The fourth-order valence-electron chi connectivity index (χ4n) is 1.25. The predicted octanol–water partition coefficient (Wildman–Crippen LogP) is 2.97. The maximum absolute atomic E-state index is 13.7. The summed E-state index contributed by atoms with van der Waals surface area (Å²) in [4.78, 5) is 19.4. The van der Waals surface area contributed by atoms with E-state index >= 15 is 0 Å². The number of benzene rings is 1. The van der Waals surface area contributed by atoms with Crippen molar-refractivity contribution in [1.29, 1.82) is 0 Å². The fraction of sp³-hybridized carbons (Fsp3) is 0.0833. The van der Waals surface area contributed by atoms with Gasteiger partial charge in [-0.1, -0.05) is 17.8 Å². The second-order valence-electron chi connectivity index (χ2n) is 3.35. The number of hydrogen-bond acceptors (Lipinski definition) is 4. The minimum Gasteiger partial charge on any atom is -0.295 e. The Morgan fingerprint density at radius 2 is 2.18 bits per heavy atom. The molecule has 1 heterocycles. The molecule has 0 fully saturated rings. The highest BCUT2D eigenvalue weighted by atomic mass is 32.2. The molecule has 0 amide bonds. The molecule has 17 heavy (non-hydrogen) atoms. The van der Waals surface area contributed by atoms with Crippen molar-refractivity contribution >= 4 is 17.5 Å². The van der Waals surface area contributed by atoms with Crippen molar-refractivity contribution in [2.24, 2.45) is 0 Å². The van der Waals surface area contributed by atoms with Crippen LogP contribution in [0, 0.1) is 5.82 Å². The predicted molar refractivity (Wildman–Crippen MR) is 62.6 cm³/mol. The Kier molecular flexibility index (Phi) is 3.49. The molecule has 0 spiro atoms. The number of ketones is 1. The van der Waals surface area contributed by atoms with E-state index in [4.69, 9.17) is 0 Å². The summed E-state index contributed by atoms with van der Waals surface area (Å²) in [5.74, 6) is -0.576. The summed E-state index contributed by atoms with van der Waals surface area (Å²) < 4.78 is 13.7. The quantitative estimate of drug-likeness (QED) is 0.783. The van der Waals surface area contributed by atoms with Crippen molar-refractivity contribution in [3.05, 3.63) is 48.2 Å². The number of Topliss-reactive ketones (excluding diaryl/α,β-unsaturated/α-hetero) is 1. The van der Waals surface area contributed by atoms with Crippen LogP contribution in [0.2, 0.25) is 0 Å². The minimum absolute atomic E-state index is 0.153. The van der Waals surface area contributed by atoms with E-state index in [0.29, 0.717) is 15.5 Å². The van der Waals surface area contributed by atoms with Crippen molar-refractivity contribution in [3.8, 4) is 0 Å². The molecule has 0 saturated heterocycles. The molecule has 0 aliphatic carbocycles. The van der Waals surface area contributed by atoms with E-state index in [0.717, 1.165) is 0 Å². The van der Waals surface area contributed by atoms with Crippen LogP contribution in [0.3, 0.4) is 0 Å². The van der Waals surface area contributed by atoms with Gasteiger partial charge in [0, 0.05) is 22.9 Å². The second-order valence-corrected chi connectivity index (χ2v) is 4.41. The second kappa shape index (κ2) is 5.05. The molecule has 0 N–H and O–H groups in total. The van der Waals surface area contributed by atoms with Crippen molar-refractivity contribution in [2.75, 3.05) is 0 Å². The van der Waals surface area contributed by atoms with Gasteiger partial charge in [-0.25, -0.2) is 9.37 Å². The van der Waals surface area contributed by atoms with Crippen molar-refractivity contribution in [3.63, 3.8) is 0 Å². The third kappa shape index (κ3) is 2.88. The smallest absolute Gasteiger partial charge is 0.159 e. The van der Waals surface area contributed by atoms with Crippen molar-refractivity contribution in [1.82, 2.24) is 9.97 Å². The van der Waals surface area contributed by atoms with Gasteiger partial charge >= 0.3 is 0 Å². The molecule has 1 aromatic carbocycles. The van der Waals surface area contributed by atoms with E-state index in [2.05, 4.69) is 9.97 Å². The zero-order valence-corrected chi connectivity index (χ0v) is 9.87. The first-order valence-corrected chi connectivity index (χ1v) is 5.73. The summed E-state index contributed by atoms with van der Waals surface area (Å²) >= 11 is 1.17. The standard InChI is InChI=1S/C12H9FN2OS/c1-8(16)9-2-3-11(10(13)6-9)17-12-7-14-4-5-15-12/h2-7H,1H3. The van der Waals surface area contributed by atoms with E-state index in [9.17, 15) is 9.18 Å². The van der Waals surface area contributed by atoms with E-state index in [1.54, 1.807) is 30.7 Å². The van der Waals surface area contributed by atoms with Crippen LogP contribution in [0.1, 0.15) is 17.3 Å². The number of hydrogen-bond donors (Lipinski definition) is 0. The molecule has 0 bridgehead atoms. The lowest BCUT2D eigenvalue weighted by Crippen LogP contribution is -1.94. The maximum Gasteiger partial charge on any atom is 0.159 e. The van der Waals surface area contributed by atoms with Gasteiger partial charge in [0.2, 0.25) is 0 Å². The molecule has 0 radical (unpaired) electrons. The number of aromatic nitrogens is 2. The lowest BCUT2D eigenvalue weighted by molar-refractivity contribution is 0.101. The van der Waals surface area contributed by atoms with Gasteiger partial charge in [-0.3, -0.25) is 9.78 Å². The number of carbonyl (C=O) groups excluding carboxylic acids is 1. The Bertz CT molecular complexity index is 545. The average Bonchev–Trinajstić information content (AvgIpc) is 2.33. The van der Waals surface area contributed by atoms with Gasteiger partial charge in [0.25, 0.3) is 0 Å². The topological polar surface area (TPSA) is 42.9 Å².